The van der Waals surface area contributed by atoms with E-state index in [0.717, 1.165) is 25.7 Å². The number of carbonyl (C=O) groups excluding carboxylic acids is 3. The molecular weight excluding hydrogens is 416 g/mol. The van der Waals surface area contributed by atoms with Crippen LogP contribution in [0, 0.1) is 0 Å². The number of nitrogens with zero attached hydrogens (tertiary/aromatic N) is 1. The van der Waals surface area contributed by atoms with Crippen molar-refractivity contribution in [2.75, 3.05) is 30.8 Å². The van der Waals surface area contributed by atoms with Gasteiger partial charge >= 0.3 is 0 Å². The number of halogens is 1. The third kappa shape index (κ3) is 7.08. The highest BCUT2D eigenvalue weighted by Crippen LogP contribution is 2.20. The lowest BCUT2D eigenvalue weighted by atomic mass is 10.1. The molecule has 164 valence electrons. The Morgan fingerprint density at radius 3 is 2.35 bits per heavy atom. The molecule has 3 amide bonds. The first-order valence-corrected chi connectivity index (χ1v) is 10.7. The highest BCUT2D eigenvalue weighted by atomic mass is 35.5. The molecule has 0 unspecified atom stereocenters. The Morgan fingerprint density at radius 1 is 0.968 bits per heavy atom. The van der Waals surface area contributed by atoms with Crippen molar-refractivity contribution < 1.29 is 14.4 Å². The molecule has 0 spiro atoms. The highest BCUT2D eigenvalue weighted by Gasteiger charge is 2.20. The molecule has 0 bridgehead atoms. The number of hydrogen-bond acceptors (Lipinski definition) is 4. The van der Waals surface area contributed by atoms with Gasteiger partial charge in [0.25, 0.3) is 5.91 Å². The lowest BCUT2D eigenvalue weighted by Crippen LogP contribution is -2.37. The van der Waals surface area contributed by atoms with Crippen LogP contribution in [0.2, 0.25) is 5.02 Å². The van der Waals surface area contributed by atoms with Gasteiger partial charge in [0.2, 0.25) is 11.8 Å². The van der Waals surface area contributed by atoms with Crippen molar-refractivity contribution in [2.24, 2.45) is 0 Å². The minimum absolute atomic E-state index is 0.00153. The molecule has 0 saturated heterocycles. The number of rotatable bonds is 8. The normalized spacial score (nSPS) is 13.8. The molecule has 0 aliphatic heterocycles. The van der Waals surface area contributed by atoms with Crippen molar-refractivity contribution in [1.82, 2.24) is 10.2 Å². The standard InChI is InChI=1S/C23H27ClN4O3/c1-28(14-21(29)25-18-10-6-7-16(24)13-18)15-22(30)27-20-12-5-4-11-19(20)23(31)26-17-8-2-3-9-17/h4-7,10-13,17H,2-3,8-9,14-15H2,1H3,(H,25,29)(H,26,31)(H,27,30). The second kappa shape index (κ2) is 10.9. The van der Waals surface area contributed by atoms with E-state index in [1.54, 1.807) is 60.5 Å². The maximum atomic E-state index is 12.6. The van der Waals surface area contributed by atoms with Gasteiger partial charge < -0.3 is 16.0 Å². The van der Waals surface area contributed by atoms with Crippen molar-refractivity contribution in [3.63, 3.8) is 0 Å². The largest absolute Gasteiger partial charge is 0.349 e. The van der Waals surface area contributed by atoms with Crippen LogP contribution in [0.5, 0.6) is 0 Å². The molecule has 1 saturated carbocycles. The van der Waals surface area contributed by atoms with Crippen molar-refractivity contribution >= 4 is 40.7 Å². The van der Waals surface area contributed by atoms with Gasteiger partial charge in [-0.05, 0) is 50.2 Å². The van der Waals surface area contributed by atoms with Crippen LogP contribution in [0.15, 0.2) is 48.5 Å². The predicted octanol–water partition coefficient (Wildman–Crippen LogP) is 3.52. The molecule has 31 heavy (non-hydrogen) atoms. The van der Waals surface area contributed by atoms with Gasteiger partial charge in [0.15, 0.2) is 0 Å². The summed E-state index contributed by atoms with van der Waals surface area (Å²) in [6.07, 6.45) is 4.23. The van der Waals surface area contributed by atoms with Gasteiger partial charge in [-0.15, -0.1) is 0 Å². The van der Waals surface area contributed by atoms with Gasteiger partial charge in [-0.2, -0.15) is 0 Å². The summed E-state index contributed by atoms with van der Waals surface area (Å²) in [7, 11) is 1.68. The van der Waals surface area contributed by atoms with Crippen LogP contribution in [-0.2, 0) is 9.59 Å². The fourth-order valence-electron chi connectivity index (χ4n) is 3.63. The lowest BCUT2D eigenvalue weighted by Gasteiger charge is -2.18. The molecule has 2 aromatic carbocycles. The van der Waals surface area contributed by atoms with Crippen LogP contribution < -0.4 is 16.0 Å². The van der Waals surface area contributed by atoms with E-state index < -0.39 is 0 Å². The van der Waals surface area contributed by atoms with Gasteiger partial charge in [0.05, 0.1) is 24.3 Å². The maximum Gasteiger partial charge on any atom is 0.253 e. The van der Waals surface area contributed by atoms with E-state index in [1.165, 1.54) is 0 Å². The second-order valence-electron chi connectivity index (χ2n) is 7.78. The van der Waals surface area contributed by atoms with Gasteiger partial charge in [0, 0.05) is 16.8 Å². The molecule has 0 heterocycles. The number of amides is 3. The van der Waals surface area contributed by atoms with E-state index in [4.69, 9.17) is 11.6 Å². The fraction of sp³-hybridized carbons (Fsp3) is 0.348. The summed E-state index contributed by atoms with van der Waals surface area (Å²) in [5.41, 5.74) is 1.49. The smallest absolute Gasteiger partial charge is 0.253 e. The predicted molar refractivity (Wildman–Crippen MR) is 122 cm³/mol. The maximum absolute atomic E-state index is 12.6. The van der Waals surface area contributed by atoms with Gasteiger partial charge in [-0.25, -0.2) is 0 Å². The molecule has 8 heteroatoms. The minimum Gasteiger partial charge on any atom is -0.349 e. The van der Waals surface area contributed by atoms with E-state index in [-0.39, 0.29) is 36.9 Å². The average molecular weight is 443 g/mol. The molecule has 2 aromatic rings. The number of benzene rings is 2. The second-order valence-corrected chi connectivity index (χ2v) is 8.22. The third-order valence-electron chi connectivity index (χ3n) is 5.07. The number of para-hydroxylation sites is 1. The summed E-state index contributed by atoms with van der Waals surface area (Å²) in [6.45, 7) is 0.0330. The quantitative estimate of drug-likeness (QED) is 0.583. The number of likely N-dealkylation sites (N-methyl/N-ethyl adjacent to an activating group) is 1. The molecule has 0 aromatic heterocycles. The number of nitrogens with one attached hydrogen (secondary N) is 3. The average Bonchev–Trinajstić information content (AvgIpc) is 3.21. The zero-order valence-electron chi connectivity index (χ0n) is 17.5. The zero-order valence-corrected chi connectivity index (χ0v) is 18.2. The van der Waals surface area contributed by atoms with Crippen LogP contribution in [0.25, 0.3) is 0 Å². The van der Waals surface area contributed by atoms with Crippen LogP contribution in [0.1, 0.15) is 36.0 Å². The lowest BCUT2D eigenvalue weighted by molar-refractivity contribution is -0.119. The van der Waals surface area contributed by atoms with Crippen molar-refractivity contribution in [2.45, 2.75) is 31.7 Å². The van der Waals surface area contributed by atoms with Crippen molar-refractivity contribution in [3.05, 3.63) is 59.1 Å². The van der Waals surface area contributed by atoms with Crippen LogP contribution in [0.3, 0.4) is 0 Å². The number of hydrogen-bond donors (Lipinski definition) is 3. The molecular formula is C23H27ClN4O3. The molecule has 1 fully saturated rings. The topological polar surface area (TPSA) is 90.5 Å². The summed E-state index contributed by atoms with van der Waals surface area (Å²) in [5.74, 6) is -0.745. The van der Waals surface area contributed by atoms with Crippen molar-refractivity contribution in [3.8, 4) is 0 Å². The fourth-order valence-corrected chi connectivity index (χ4v) is 3.82. The van der Waals surface area contributed by atoms with E-state index in [9.17, 15) is 14.4 Å². The number of anilines is 2. The van der Waals surface area contributed by atoms with E-state index in [2.05, 4.69) is 16.0 Å². The third-order valence-corrected chi connectivity index (χ3v) is 5.31. The monoisotopic (exact) mass is 442 g/mol. The van der Waals surface area contributed by atoms with Gasteiger partial charge in [0.1, 0.15) is 0 Å². The molecule has 1 aliphatic carbocycles. The Morgan fingerprint density at radius 2 is 1.65 bits per heavy atom. The molecule has 0 radical (unpaired) electrons. The van der Waals surface area contributed by atoms with Crippen molar-refractivity contribution in [1.29, 1.82) is 0 Å². The first-order valence-electron chi connectivity index (χ1n) is 10.3. The highest BCUT2D eigenvalue weighted by molar-refractivity contribution is 6.30. The zero-order chi connectivity index (χ0) is 22.2. The molecule has 0 atom stereocenters. The van der Waals surface area contributed by atoms with E-state index >= 15 is 0 Å². The van der Waals surface area contributed by atoms with Crippen LogP contribution in [-0.4, -0.2) is 48.8 Å². The Kier molecular flexibility index (Phi) is 8.03. The van der Waals surface area contributed by atoms with Crippen LogP contribution in [0.4, 0.5) is 11.4 Å². The van der Waals surface area contributed by atoms with Crippen LogP contribution >= 0.6 is 11.6 Å². The summed E-state index contributed by atoms with van der Waals surface area (Å²) in [6, 6.07) is 14.0. The Labute approximate surface area is 187 Å². The molecule has 3 rings (SSSR count). The summed E-state index contributed by atoms with van der Waals surface area (Å²) < 4.78 is 0. The van der Waals surface area contributed by atoms with E-state index in [0.29, 0.717) is 22.0 Å². The van der Waals surface area contributed by atoms with E-state index in [1.807, 2.05) is 0 Å². The number of carbonyl (C=O) groups is 3. The first kappa shape index (κ1) is 22.8. The minimum atomic E-state index is -0.306. The van der Waals surface area contributed by atoms with Gasteiger partial charge in [-0.1, -0.05) is 42.6 Å². The Hall–Kier alpha value is -2.90. The summed E-state index contributed by atoms with van der Waals surface area (Å²) >= 11 is 5.92. The molecule has 3 N–H and O–H groups in total. The molecule has 7 nitrogen and oxygen atoms in total. The SMILES string of the molecule is CN(CC(=O)Nc1cccc(Cl)c1)CC(=O)Nc1ccccc1C(=O)NC1CCCC1. The first-order chi connectivity index (χ1) is 14.9. The Bertz CT molecular complexity index is 944. The summed E-state index contributed by atoms with van der Waals surface area (Å²) in [5, 5.41) is 9.10. The summed E-state index contributed by atoms with van der Waals surface area (Å²) in [4.78, 5) is 38.9. The molecule has 1 aliphatic rings. The van der Waals surface area contributed by atoms with Gasteiger partial charge in [-0.3, -0.25) is 19.3 Å². The Balaban J connectivity index is 1.51.